The van der Waals surface area contributed by atoms with Crippen molar-refractivity contribution in [3.63, 3.8) is 0 Å². The summed E-state index contributed by atoms with van der Waals surface area (Å²) in [5, 5.41) is 7.07. The Bertz CT molecular complexity index is 336. The molecule has 1 saturated heterocycles. The molecule has 17 heavy (non-hydrogen) atoms. The van der Waals surface area contributed by atoms with Crippen molar-refractivity contribution in [3.05, 3.63) is 10.5 Å². The first kappa shape index (κ1) is 13.1. The maximum atomic E-state index is 5.91. The molecule has 2 rings (SSSR count). The van der Waals surface area contributed by atoms with E-state index in [1.165, 1.54) is 19.4 Å². The zero-order valence-electron chi connectivity index (χ0n) is 10.3. The highest BCUT2D eigenvalue weighted by molar-refractivity contribution is 7.14. The van der Waals surface area contributed by atoms with E-state index >= 15 is 0 Å². The monoisotopic (exact) mass is 273 g/mol. The fraction of sp³-hybridized carbons (Fsp3) is 0.750. The van der Waals surface area contributed by atoms with Gasteiger partial charge < -0.3 is 10.2 Å². The minimum atomic E-state index is 0.618. The van der Waals surface area contributed by atoms with Gasteiger partial charge in [-0.1, -0.05) is 18.5 Å². The van der Waals surface area contributed by atoms with Crippen LogP contribution in [-0.2, 0) is 0 Å². The van der Waals surface area contributed by atoms with Crippen LogP contribution >= 0.6 is 22.9 Å². The summed E-state index contributed by atoms with van der Waals surface area (Å²) < 4.78 is 0. The summed E-state index contributed by atoms with van der Waals surface area (Å²) >= 11 is 7.56. The molecule has 1 aliphatic rings. The Morgan fingerprint density at radius 2 is 2.53 bits per heavy atom. The van der Waals surface area contributed by atoms with E-state index in [2.05, 4.69) is 22.1 Å². The molecule has 0 aliphatic carbocycles. The summed E-state index contributed by atoms with van der Waals surface area (Å²) in [5.41, 5.74) is 0. The molecule has 1 fully saturated rings. The van der Waals surface area contributed by atoms with Gasteiger partial charge in [0.2, 0.25) is 0 Å². The Labute approximate surface area is 112 Å². The zero-order valence-corrected chi connectivity index (χ0v) is 11.9. The Balaban J connectivity index is 1.96. The second kappa shape index (κ2) is 6.57. The van der Waals surface area contributed by atoms with Crippen molar-refractivity contribution in [3.8, 4) is 0 Å². The molecule has 0 amide bonds. The highest BCUT2D eigenvalue weighted by Crippen LogP contribution is 2.25. The van der Waals surface area contributed by atoms with Crippen molar-refractivity contribution < 1.29 is 0 Å². The predicted octanol–water partition coefficient (Wildman–Crippen LogP) is 3.01. The number of nitrogens with one attached hydrogen (secondary N) is 1. The minimum absolute atomic E-state index is 0.618. The van der Waals surface area contributed by atoms with E-state index in [0.717, 1.165) is 37.1 Å². The first-order valence-electron chi connectivity index (χ1n) is 6.36. The molecule has 1 atom stereocenters. The summed E-state index contributed by atoms with van der Waals surface area (Å²) in [6.07, 6.45) is 3.77. The molecule has 0 saturated carbocycles. The molecular weight excluding hydrogens is 254 g/mol. The summed E-state index contributed by atoms with van der Waals surface area (Å²) in [4.78, 5) is 6.77. The topological polar surface area (TPSA) is 28.2 Å². The average Bonchev–Trinajstić information content (AvgIpc) is 2.77. The van der Waals surface area contributed by atoms with Crippen LogP contribution in [-0.4, -0.2) is 31.2 Å². The fourth-order valence-electron chi connectivity index (χ4n) is 2.32. The molecule has 0 bridgehead atoms. The van der Waals surface area contributed by atoms with Gasteiger partial charge in [0.15, 0.2) is 5.13 Å². The Hall–Kier alpha value is -0.320. The molecule has 1 aromatic heterocycles. The van der Waals surface area contributed by atoms with Gasteiger partial charge in [0.05, 0.1) is 0 Å². The molecule has 5 heteroatoms. The van der Waals surface area contributed by atoms with Gasteiger partial charge in [-0.3, -0.25) is 0 Å². The van der Waals surface area contributed by atoms with Crippen LogP contribution in [0, 0.1) is 5.92 Å². The van der Waals surface area contributed by atoms with Crippen molar-refractivity contribution in [2.24, 2.45) is 5.92 Å². The Morgan fingerprint density at radius 3 is 3.12 bits per heavy atom. The quantitative estimate of drug-likeness (QED) is 0.894. The molecule has 0 aromatic carbocycles. The number of nitrogens with zero attached hydrogens (tertiary/aromatic N) is 2. The Morgan fingerprint density at radius 1 is 1.65 bits per heavy atom. The van der Waals surface area contributed by atoms with Gasteiger partial charge in [-0.15, -0.1) is 11.3 Å². The van der Waals surface area contributed by atoms with E-state index in [-0.39, 0.29) is 0 Å². The molecule has 96 valence electrons. The van der Waals surface area contributed by atoms with Crippen LogP contribution in [0.5, 0.6) is 0 Å². The van der Waals surface area contributed by atoms with Crippen LogP contribution in [0.25, 0.3) is 0 Å². The number of halogens is 1. The van der Waals surface area contributed by atoms with E-state index in [0.29, 0.717) is 5.15 Å². The maximum Gasteiger partial charge on any atom is 0.186 e. The van der Waals surface area contributed by atoms with Gasteiger partial charge in [0.1, 0.15) is 5.15 Å². The van der Waals surface area contributed by atoms with Crippen LogP contribution in [0.3, 0.4) is 0 Å². The molecule has 2 heterocycles. The van der Waals surface area contributed by atoms with Crippen LogP contribution < -0.4 is 10.2 Å². The summed E-state index contributed by atoms with van der Waals surface area (Å²) in [6, 6.07) is 0. The van der Waals surface area contributed by atoms with E-state index in [1.54, 1.807) is 11.3 Å². The van der Waals surface area contributed by atoms with E-state index in [1.807, 2.05) is 5.38 Å². The van der Waals surface area contributed by atoms with E-state index < -0.39 is 0 Å². The molecular formula is C12H20ClN3S. The molecule has 1 aliphatic heterocycles. The first-order valence-corrected chi connectivity index (χ1v) is 7.62. The summed E-state index contributed by atoms with van der Waals surface area (Å²) in [5.74, 6) is 0.748. The van der Waals surface area contributed by atoms with Crippen molar-refractivity contribution in [1.82, 2.24) is 10.3 Å². The second-order valence-corrected chi connectivity index (χ2v) is 5.83. The molecule has 0 radical (unpaired) electrons. The van der Waals surface area contributed by atoms with Crippen molar-refractivity contribution in [2.45, 2.75) is 26.2 Å². The lowest BCUT2D eigenvalue weighted by molar-refractivity contribution is 0.376. The second-order valence-electron chi connectivity index (χ2n) is 4.61. The highest BCUT2D eigenvalue weighted by atomic mass is 35.5. The van der Waals surface area contributed by atoms with Gasteiger partial charge in [0.25, 0.3) is 0 Å². The predicted molar refractivity (Wildman–Crippen MR) is 75.2 cm³/mol. The SMILES string of the molecule is CCCN(CC1CCCNC1)c1nc(Cl)cs1. The number of hydrogen-bond donors (Lipinski definition) is 1. The van der Waals surface area contributed by atoms with Gasteiger partial charge in [0, 0.05) is 18.5 Å². The van der Waals surface area contributed by atoms with Crippen LogP contribution in [0.2, 0.25) is 5.15 Å². The summed E-state index contributed by atoms with van der Waals surface area (Å²) in [7, 11) is 0. The number of piperidine rings is 1. The zero-order chi connectivity index (χ0) is 12.1. The number of anilines is 1. The number of hydrogen-bond acceptors (Lipinski definition) is 4. The third-order valence-electron chi connectivity index (χ3n) is 3.11. The minimum Gasteiger partial charge on any atom is -0.348 e. The van der Waals surface area contributed by atoms with Gasteiger partial charge in [-0.25, -0.2) is 4.98 Å². The van der Waals surface area contributed by atoms with E-state index in [4.69, 9.17) is 11.6 Å². The largest absolute Gasteiger partial charge is 0.348 e. The van der Waals surface area contributed by atoms with Crippen molar-refractivity contribution in [1.29, 1.82) is 0 Å². The molecule has 1 unspecified atom stereocenters. The molecule has 1 aromatic rings. The van der Waals surface area contributed by atoms with Gasteiger partial charge in [-0.2, -0.15) is 0 Å². The fourth-order valence-corrected chi connectivity index (χ4v) is 3.30. The number of thiazole rings is 1. The lowest BCUT2D eigenvalue weighted by Crippen LogP contribution is -2.38. The van der Waals surface area contributed by atoms with Crippen LogP contribution in [0.4, 0.5) is 5.13 Å². The third kappa shape index (κ3) is 3.83. The first-order chi connectivity index (χ1) is 8.29. The normalized spacial score (nSPS) is 20.5. The number of rotatable bonds is 5. The average molecular weight is 274 g/mol. The smallest absolute Gasteiger partial charge is 0.186 e. The Kier molecular flexibility index (Phi) is 5.07. The van der Waals surface area contributed by atoms with Crippen molar-refractivity contribution >= 4 is 28.1 Å². The third-order valence-corrected chi connectivity index (χ3v) is 4.33. The lowest BCUT2D eigenvalue weighted by Gasteiger charge is -2.29. The van der Waals surface area contributed by atoms with Crippen molar-refractivity contribution in [2.75, 3.05) is 31.1 Å². The van der Waals surface area contributed by atoms with E-state index in [9.17, 15) is 0 Å². The van der Waals surface area contributed by atoms with Gasteiger partial charge >= 0.3 is 0 Å². The lowest BCUT2D eigenvalue weighted by atomic mass is 9.99. The molecule has 3 nitrogen and oxygen atoms in total. The van der Waals surface area contributed by atoms with Crippen LogP contribution in [0.15, 0.2) is 5.38 Å². The van der Waals surface area contributed by atoms with Gasteiger partial charge in [-0.05, 0) is 38.3 Å². The maximum absolute atomic E-state index is 5.91. The molecule has 0 spiro atoms. The number of aromatic nitrogens is 1. The van der Waals surface area contributed by atoms with Crippen LogP contribution in [0.1, 0.15) is 26.2 Å². The molecule has 1 N–H and O–H groups in total. The summed E-state index contributed by atoms with van der Waals surface area (Å²) in [6.45, 7) is 6.69. The standard InChI is InChI=1S/C12H20ClN3S/c1-2-6-16(12-15-11(13)9-17-12)8-10-4-3-5-14-7-10/h9-10,14H,2-8H2,1H3. The highest BCUT2D eigenvalue weighted by Gasteiger charge is 2.18.